The molecule has 0 bridgehead atoms. The zero-order valence-corrected chi connectivity index (χ0v) is 7.17. The number of rotatable bonds is 4. The van der Waals surface area contributed by atoms with Crippen LogP contribution >= 0.6 is 0 Å². The van der Waals surface area contributed by atoms with Crippen LogP contribution in [0.2, 0.25) is 0 Å². The predicted octanol–water partition coefficient (Wildman–Crippen LogP) is -2.12. The quantitative estimate of drug-likeness (QED) is 0.379. The number of carbonyl (C=O) groups is 2. The molecule has 74 valence electrons. The molecule has 1 fully saturated rings. The molecule has 1 unspecified atom stereocenters. The van der Waals surface area contributed by atoms with Crippen LogP contribution in [0.1, 0.15) is 12.8 Å². The lowest BCUT2D eigenvalue weighted by molar-refractivity contribution is -0.124. The maximum absolute atomic E-state index is 11.2. The molecule has 0 saturated carbocycles. The number of nitrogens with one attached hydrogen (secondary N) is 3. The number of hydrogen-bond acceptors (Lipinski definition) is 4. The van der Waals surface area contributed by atoms with E-state index in [1.807, 2.05) is 0 Å². The van der Waals surface area contributed by atoms with Gasteiger partial charge < -0.3 is 10.4 Å². The number of aliphatic hydroxyl groups is 1. The van der Waals surface area contributed by atoms with Gasteiger partial charge in [0.2, 0.25) is 11.8 Å². The summed E-state index contributed by atoms with van der Waals surface area (Å²) in [5.41, 5.74) is 4.90. The summed E-state index contributed by atoms with van der Waals surface area (Å²) in [6.45, 7) is 0.483. The van der Waals surface area contributed by atoms with Crippen LogP contribution in [-0.4, -0.2) is 36.1 Å². The van der Waals surface area contributed by atoms with Gasteiger partial charge in [-0.05, 0) is 6.42 Å². The molecule has 1 aliphatic rings. The van der Waals surface area contributed by atoms with Gasteiger partial charge in [0.1, 0.15) is 6.04 Å². The second-order valence-corrected chi connectivity index (χ2v) is 2.82. The lowest BCUT2D eigenvalue weighted by Gasteiger charge is -2.08. The monoisotopic (exact) mass is 187 g/mol. The lowest BCUT2D eigenvalue weighted by atomic mass is 10.2. The van der Waals surface area contributed by atoms with Crippen molar-refractivity contribution in [1.29, 1.82) is 0 Å². The Morgan fingerprint density at radius 3 is 3.00 bits per heavy atom. The van der Waals surface area contributed by atoms with Crippen molar-refractivity contribution in [1.82, 2.24) is 16.2 Å². The summed E-state index contributed by atoms with van der Waals surface area (Å²) in [6, 6.07) is -0.480. The molecule has 0 radical (unpaired) electrons. The summed E-state index contributed by atoms with van der Waals surface area (Å²) in [7, 11) is 0. The average Bonchev–Trinajstić information content (AvgIpc) is 2.52. The van der Waals surface area contributed by atoms with Crippen molar-refractivity contribution in [2.75, 3.05) is 13.2 Å². The van der Waals surface area contributed by atoms with E-state index in [1.165, 1.54) is 0 Å². The van der Waals surface area contributed by atoms with E-state index < -0.39 is 6.04 Å². The molecule has 1 heterocycles. The molecule has 0 aromatic rings. The van der Waals surface area contributed by atoms with Crippen LogP contribution in [0.3, 0.4) is 0 Å². The highest BCUT2D eigenvalue weighted by atomic mass is 16.3. The van der Waals surface area contributed by atoms with Crippen LogP contribution in [0, 0.1) is 0 Å². The zero-order chi connectivity index (χ0) is 9.68. The molecule has 0 spiro atoms. The minimum absolute atomic E-state index is 0.0511. The topological polar surface area (TPSA) is 90.5 Å². The molecule has 1 aliphatic heterocycles. The summed E-state index contributed by atoms with van der Waals surface area (Å²) in [5, 5.41) is 11.0. The Hall–Kier alpha value is -1.14. The Morgan fingerprint density at radius 1 is 1.69 bits per heavy atom. The highest BCUT2D eigenvalue weighted by Crippen LogP contribution is 1.97. The van der Waals surface area contributed by atoms with Crippen molar-refractivity contribution in [3.05, 3.63) is 0 Å². The first-order valence-corrected chi connectivity index (χ1v) is 4.17. The normalized spacial score (nSPS) is 21.3. The second-order valence-electron chi connectivity index (χ2n) is 2.82. The van der Waals surface area contributed by atoms with Crippen molar-refractivity contribution >= 4 is 11.8 Å². The molecule has 2 amide bonds. The van der Waals surface area contributed by atoms with Crippen molar-refractivity contribution in [2.24, 2.45) is 0 Å². The van der Waals surface area contributed by atoms with E-state index >= 15 is 0 Å². The van der Waals surface area contributed by atoms with Crippen molar-refractivity contribution < 1.29 is 14.7 Å². The third-order valence-corrected chi connectivity index (χ3v) is 1.73. The molecule has 1 atom stereocenters. The molecule has 0 aromatic carbocycles. The molecule has 1 rings (SSSR count). The van der Waals surface area contributed by atoms with Crippen LogP contribution in [0.25, 0.3) is 0 Å². The zero-order valence-electron chi connectivity index (χ0n) is 7.17. The van der Waals surface area contributed by atoms with E-state index in [1.54, 1.807) is 0 Å². The molecule has 13 heavy (non-hydrogen) atoms. The van der Waals surface area contributed by atoms with E-state index in [9.17, 15) is 9.59 Å². The fourth-order valence-electron chi connectivity index (χ4n) is 1.03. The van der Waals surface area contributed by atoms with E-state index in [0.717, 1.165) is 0 Å². The number of hydrazine groups is 1. The van der Waals surface area contributed by atoms with E-state index in [-0.39, 0.29) is 24.8 Å². The summed E-state index contributed by atoms with van der Waals surface area (Å²) in [6.07, 6.45) is 0.699. The average molecular weight is 187 g/mol. The number of carbonyl (C=O) groups excluding carboxylic acids is 2. The van der Waals surface area contributed by atoms with Gasteiger partial charge in [0.15, 0.2) is 0 Å². The summed E-state index contributed by atoms with van der Waals surface area (Å²) in [4.78, 5) is 21.9. The summed E-state index contributed by atoms with van der Waals surface area (Å²) >= 11 is 0. The van der Waals surface area contributed by atoms with Gasteiger partial charge in [-0.15, -0.1) is 0 Å². The summed E-state index contributed by atoms with van der Waals surface area (Å²) < 4.78 is 0. The number of amides is 2. The smallest absolute Gasteiger partial charge is 0.239 e. The minimum Gasteiger partial charge on any atom is -0.396 e. The van der Waals surface area contributed by atoms with Crippen LogP contribution in [0.15, 0.2) is 0 Å². The van der Waals surface area contributed by atoms with Gasteiger partial charge in [-0.3, -0.25) is 15.0 Å². The van der Waals surface area contributed by atoms with Crippen LogP contribution in [0.5, 0.6) is 0 Å². The lowest BCUT2D eigenvalue weighted by Crippen LogP contribution is -2.43. The van der Waals surface area contributed by atoms with Gasteiger partial charge in [0.25, 0.3) is 0 Å². The SMILES string of the molecule is O=C1CC(C(=O)NCCCO)NN1. The maximum atomic E-state index is 11.2. The van der Waals surface area contributed by atoms with Gasteiger partial charge >= 0.3 is 0 Å². The van der Waals surface area contributed by atoms with E-state index in [0.29, 0.717) is 13.0 Å². The minimum atomic E-state index is -0.480. The van der Waals surface area contributed by atoms with E-state index in [4.69, 9.17) is 5.11 Å². The van der Waals surface area contributed by atoms with Crippen molar-refractivity contribution in [2.45, 2.75) is 18.9 Å². The molecule has 4 N–H and O–H groups in total. The van der Waals surface area contributed by atoms with Crippen molar-refractivity contribution in [3.8, 4) is 0 Å². The molecule has 6 nitrogen and oxygen atoms in total. The Kier molecular flexibility index (Phi) is 3.66. The van der Waals surface area contributed by atoms with Crippen LogP contribution in [-0.2, 0) is 9.59 Å². The third-order valence-electron chi connectivity index (χ3n) is 1.73. The number of hydrogen-bond donors (Lipinski definition) is 4. The first-order valence-electron chi connectivity index (χ1n) is 4.17. The Labute approximate surface area is 75.7 Å². The fourth-order valence-corrected chi connectivity index (χ4v) is 1.03. The van der Waals surface area contributed by atoms with Crippen molar-refractivity contribution in [3.63, 3.8) is 0 Å². The highest BCUT2D eigenvalue weighted by Gasteiger charge is 2.26. The molecule has 0 aliphatic carbocycles. The Bertz CT molecular complexity index is 207. The van der Waals surface area contributed by atoms with Gasteiger partial charge in [-0.2, -0.15) is 0 Å². The standard InChI is InChI=1S/C7H13N3O3/c11-3-1-2-8-7(13)5-4-6(12)10-9-5/h5,9,11H,1-4H2,(H,8,13)(H,10,12). The van der Waals surface area contributed by atoms with Gasteiger partial charge in [-0.25, -0.2) is 5.43 Å². The van der Waals surface area contributed by atoms with Gasteiger partial charge in [0.05, 0.1) is 6.42 Å². The molecule has 6 heteroatoms. The largest absolute Gasteiger partial charge is 0.396 e. The third kappa shape index (κ3) is 3.00. The van der Waals surface area contributed by atoms with Crippen LogP contribution in [0.4, 0.5) is 0 Å². The fraction of sp³-hybridized carbons (Fsp3) is 0.714. The molecule has 1 saturated heterocycles. The molecule has 0 aromatic heterocycles. The first-order chi connectivity index (χ1) is 6.24. The second kappa shape index (κ2) is 4.78. The maximum Gasteiger partial charge on any atom is 0.239 e. The molecular formula is C7H13N3O3. The van der Waals surface area contributed by atoms with Gasteiger partial charge in [0, 0.05) is 13.2 Å². The van der Waals surface area contributed by atoms with E-state index in [2.05, 4.69) is 16.2 Å². The number of aliphatic hydroxyl groups excluding tert-OH is 1. The predicted molar refractivity (Wildman–Crippen MR) is 44.4 cm³/mol. The van der Waals surface area contributed by atoms with Gasteiger partial charge in [-0.1, -0.05) is 0 Å². The first kappa shape index (κ1) is 9.94. The Balaban J connectivity index is 2.20. The Morgan fingerprint density at radius 2 is 2.46 bits per heavy atom. The summed E-state index contributed by atoms with van der Waals surface area (Å²) in [5.74, 6) is -0.394. The van der Waals surface area contributed by atoms with Crippen LogP contribution < -0.4 is 16.2 Å². The molecular weight excluding hydrogens is 174 g/mol. The highest BCUT2D eigenvalue weighted by molar-refractivity contribution is 5.90.